The van der Waals surface area contributed by atoms with E-state index in [9.17, 15) is 4.79 Å². The summed E-state index contributed by atoms with van der Waals surface area (Å²) in [5.74, 6) is 2.83. The van der Waals surface area contributed by atoms with Crippen LogP contribution in [0.2, 0.25) is 0 Å². The molecule has 4 aromatic rings. The Morgan fingerprint density at radius 3 is 2.25 bits per heavy atom. The molecule has 0 N–H and O–H groups in total. The normalized spacial score (nSPS) is 12.1. The van der Waals surface area contributed by atoms with Gasteiger partial charge in [0, 0.05) is 17.7 Å². The molecular formula is C25H20O7. The number of hydrogen-bond donors (Lipinski definition) is 0. The van der Waals surface area contributed by atoms with E-state index in [-0.39, 0.29) is 12.2 Å². The highest BCUT2D eigenvalue weighted by Crippen LogP contribution is 2.42. The van der Waals surface area contributed by atoms with E-state index < -0.39 is 0 Å². The molecule has 0 saturated carbocycles. The summed E-state index contributed by atoms with van der Waals surface area (Å²) in [4.78, 5) is 12.8. The largest absolute Gasteiger partial charge is 0.493 e. The molecule has 0 bridgehead atoms. The van der Waals surface area contributed by atoms with Crippen LogP contribution in [0.25, 0.3) is 22.3 Å². The summed E-state index contributed by atoms with van der Waals surface area (Å²) in [5.41, 5.74) is 1.84. The van der Waals surface area contributed by atoms with Crippen LogP contribution in [0.1, 0.15) is 5.56 Å². The molecule has 0 radical (unpaired) electrons. The zero-order valence-corrected chi connectivity index (χ0v) is 17.5. The van der Waals surface area contributed by atoms with Crippen molar-refractivity contribution in [2.75, 3.05) is 21.0 Å². The van der Waals surface area contributed by atoms with Crippen LogP contribution in [-0.2, 0) is 6.61 Å². The highest BCUT2D eigenvalue weighted by atomic mass is 16.7. The Morgan fingerprint density at radius 1 is 0.875 bits per heavy atom. The van der Waals surface area contributed by atoms with Crippen molar-refractivity contribution >= 4 is 11.0 Å². The van der Waals surface area contributed by atoms with Gasteiger partial charge in [-0.1, -0.05) is 30.3 Å². The van der Waals surface area contributed by atoms with E-state index in [4.69, 9.17) is 28.1 Å². The van der Waals surface area contributed by atoms with Crippen molar-refractivity contribution in [2.24, 2.45) is 0 Å². The summed E-state index contributed by atoms with van der Waals surface area (Å²) in [6.45, 7) is 0.469. The van der Waals surface area contributed by atoms with Gasteiger partial charge >= 0.3 is 0 Å². The Kier molecular flexibility index (Phi) is 5.07. The third-order valence-electron chi connectivity index (χ3n) is 5.19. The van der Waals surface area contributed by atoms with Crippen LogP contribution in [0.5, 0.6) is 28.7 Å². The minimum absolute atomic E-state index is 0.117. The van der Waals surface area contributed by atoms with Gasteiger partial charge in [0.2, 0.25) is 12.5 Å². The zero-order valence-electron chi connectivity index (χ0n) is 17.5. The van der Waals surface area contributed by atoms with E-state index in [1.54, 1.807) is 38.5 Å². The highest BCUT2D eigenvalue weighted by molar-refractivity contribution is 5.83. The lowest BCUT2D eigenvalue weighted by Gasteiger charge is -2.16. The van der Waals surface area contributed by atoms with E-state index in [2.05, 4.69) is 0 Å². The topological polar surface area (TPSA) is 76.4 Å². The van der Waals surface area contributed by atoms with Crippen LogP contribution in [0, 0.1) is 0 Å². The van der Waals surface area contributed by atoms with E-state index >= 15 is 0 Å². The summed E-state index contributed by atoms with van der Waals surface area (Å²) < 4.78 is 33.9. The van der Waals surface area contributed by atoms with Gasteiger partial charge in [-0.3, -0.25) is 4.79 Å². The van der Waals surface area contributed by atoms with Crippen LogP contribution in [0.4, 0.5) is 0 Å². The molecule has 3 aromatic carbocycles. The average molecular weight is 432 g/mol. The van der Waals surface area contributed by atoms with Crippen molar-refractivity contribution in [2.45, 2.75) is 6.61 Å². The maximum absolute atomic E-state index is 12.8. The van der Waals surface area contributed by atoms with Crippen LogP contribution in [0.15, 0.2) is 69.9 Å². The molecule has 0 unspecified atom stereocenters. The minimum atomic E-state index is -0.193. The van der Waals surface area contributed by atoms with Crippen LogP contribution >= 0.6 is 0 Å². The molecule has 32 heavy (non-hydrogen) atoms. The van der Waals surface area contributed by atoms with E-state index in [1.165, 1.54) is 6.07 Å². The summed E-state index contributed by atoms with van der Waals surface area (Å²) >= 11 is 0. The Labute approximate surface area is 183 Å². The quantitative estimate of drug-likeness (QED) is 0.434. The van der Waals surface area contributed by atoms with Crippen molar-refractivity contribution in [3.63, 3.8) is 0 Å². The molecule has 0 aliphatic carbocycles. The van der Waals surface area contributed by atoms with Crippen LogP contribution in [-0.4, -0.2) is 21.0 Å². The molecule has 1 aliphatic heterocycles. The standard InChI is InChI=1S/C25H20O7/c1-27-23-8-16(9-24(28-2)25(23)29-13-15-6-4-3-5-7-15)19-11-18(26)17-10-21-22(31-14-30-21)12-20(17)32-19/h3-12H,13-14H2,1-2H3. The molecule has 0 spiro atoms. The van der Waals surface area contributed by atoms with Crippen LogP contribution < -0.4 is 29.1 Å². The fourth-order valence-electron chi connectivity index (χ4n) is 3.58. The molecule has 162 valence electrons. The molecule has 0 amide bonds. The fourth-order valence-corrected chi connectivity index (χ4v) is 3.58. The predicted octanol–water partition coefficient (Wildman–Crippen LogP) is 4.78. The first-order chi connectivity index (χ1) is 15.7. The second-order valence-corrected chi connectivity index (χ2v) is 7.16. The fraction of sp³-hybridized carbons (Fsp3) is 0.160. The molecule has 5 rings (SSSR count). The molecule has 1 aliphatic rings. The molecule has 1 aromatic heterocycles. The molecule has 2 heterocycles. The molecule has 7 heteroatoms. The zero-order chi connectivity index (χ0) is 22.1. The summed E-state index contributed by atoms with van der Waals surface area (Å²) in [6, 6.07) is 18.0. The molecule has 0 atom stereocenters. The maximum Gasteiger partial charge on any atom is 0.231 e. The van der Waals surface area contributed by atoms with Gasteiger partial charge in [-0.2, -0.15) is 0 Å². The van der Waals surface area contributed by atoms with Crippen molar-refractivity contribution in [3.8, 4) is 40.1 Å². The third kappa shape index (κ3) is 3.58. The smallest absolute Gasteiger partial charge is 0.231 e. The van der Waals surface area contributed by atoms with Gasteiger partial charge in [-0.25, -0.2) is 0 Å². The minimum Gasteiger partial charge on any atom is -0.493 e. The lowest BCUT2D eigenvalue weighted by Crippen LogP contribution is -2.02. The monoisotopic (exact) mass is 432 g/mol. The molecular weight excluding hydrogens is 412 g/mol. The highest BCUT2D eigenvalue weighted by Gasteiger charge is 2.20. The van der Waals surface area contributed by atoms with E-state index in [0.717, 1.165) is 5.56 Å². The van der Waals surface area contributed by atoms with Crippen molar-refractivity contribution in [1.29, 1.82) is 0 Å². The number of ether oxygens (including phenoxy) is 5. The second kappa shape index (κ2) is 8.19. The van der Waals surface area contributed by atoms with E-state index in [0.29, 0.717) is 57.6 Å². The van der Waals surface area contributed by atoms with Gasteiger partial charge in [0.1, 0.15) is 18.0 Å². The third-order valence-corrected chi connectivity index (χ3v) is 5.19. The van der Waals surface area contributed by atoms with Crippen LogP contribution in [0.3, 0.4) is 0 Å². The number of fused-ring (bicyclic) bond motifs is 2. The van der Waals surface area contributed by atoms with Gasteiger partial charge < -0.3 is 28.1 Å². The summed E-state index contributed by atoms with van der Waals surface area (Å²) in [6.07, 6.45) is 0. The van der Waals surface area contributed by atoms with Gasteiger partial charge in [0.25, 0.3) is 0 Å². The van der Waals surface area contributed by atoms with Gasteiger partial charge in [0.05, 0.1) is 19.6 Å². The van der Waals surface area contributed by atoms with Gasteiger partial charge in [-0.15, -0.1) is 0 Å². The van der Waals surface area contributed by atoms with Gasteiger partial charge in [-0.05, 0) is 23.8 Å². The first kappa shape index (κ1) is 19.8. The molecule has 0 saturated heterocycles. The lowest BCUT2D eigenvalue weighted by molar-refractivity contribution is 0.174. The van der Waals surface area contributed by atoms with Crippen molar-refractivity contribution < 1.29 is 28.1 Å². The number of rotatable bonds is 6. The van der Waals surface area contributed by atoms with Crippen molar-refractivity contribution in [1.82, 2.24) is 0 Å². The second-order valence-electron chi connectivity index (χ2n) is 7.16. The first-order valence-electron chi connectivity index (χ1n) is 9.97. The Hall–Kier alpha value is -4.13. The molecule has 0 fully saturated rings. The SMILES string of the molecule is COc1cc(-c2cc(=O)c3cc4c(cc3o2)OCO4)cc(OC)c1OCc1ccccc1. The Bertz CT molecular complexity index is 1320. The first-order valence-corrected chi connectivity index (χ1v) is 9.97. The predicted molar refractivity (Wildman–Crippen MR) is 118 cm³/mol. The molecule has 7 nitrogen and oxygen atoms in total. The average Bonchev–Trinajstić information content (AvgIpc) is 3.29. The Morgan fingerprint density at radius 2 is 1.56 bits per heavy atom. The van der Waals surface area contributed by atoms with E-state index in [1.807, 2.05) is 30.3 Å². The Balaban J connectivity index is 1.55. The lowest BCUT2D eigenvalue weighted by atomic mass is 10.1. The van der Waals surface area contributed by atoms with Crippen molar-refractivity contribution in [3.05, 3.63) is 76.5 Å². The number of hydrogen-bond acceptors (Lipinski definition) is 7. The number of benzene rings is 3. The summed E-state index contributed by atoms with van der Waals surface area (Å²) in [5, 5.41) is 0.416. The maximum atomic E-state index is 12.8. The van der Waals surface area contributed by atoms with Gasteiger partial charge in [0.15, 0.2) is 28.4 Å². The summed E-state index contributed by atoms with van der Waals surface area (Å²) in [7, 11) is 3.09. The number of methoxy groups -OCH3 is 2.